The monoisotopic (exact) mass is 248 g/mol. The van der Waals surface area contributed by atoms with Crippen molar-refractivity contribution >= 4 is 5.91 Å². The van der Waals surface area contributed by atoms with Gasteiger partial charge in [0.2, 0.25) is 5.91 Å². The largest absolute Gasteiger partial charge is 0.343 e. The first kappa shape index (κ1) is 14.7. The van der Waals surface area contributed by atoms with Gasteiger partial charge in [-0.25, -0.2) is 0 Å². The molecule has 1 rings (SSSR count). The van der Waals surface area contributed by atoms with Crippen LogP contribution in [0.1, 0.15) is 30.9 Å². The summed E-state index contributed by atoms with van der Waals surface area (Å²) in [7, 11) is 0. The van der Waals surface area contributed by atoms with Crippen molar-refractivity contribution in [2.24, 2.45) is 5.73 Å². The molecule has 0 aliphatic rings. The van der Waals surface area contributed by atoms with Gasteiger partial charge in [-0.2, -0.15) is 0 Å². The third kappa shape index (κ3) is 4.88. The van der Waals surface area contributed by atoms with E-state index in [0.29, 0.717) is 13.0 Å². The van der Waals surface area contributed by atoms with Crippen LogP contribution in [0.5, 0.6) is 0 Å². The van der Waals surface area contributed by atoms with Gasteiger partial charge in [-0.3, -0.25) is 4.79 Å². The normalized spacial score (nSPS) is 10.4. The lowest BCUT2D eigenvalue weighted by Gasteiger charge is -2.20. The maximum absolute atomic E-state index is 12.0. The van der Waals surface area contributed by atoms with Crippen LogP contribution in [0.25, 0.3) is 0 Å². The molecule has 1 aromatic carbocycles. The molecule has 1 amide bonds. The number of aryl methyl sites for hydroxylation is 2. The van der Waals surface area contributed by atoms with Crippen molar-refractivity contribution in [2.75, 3.05) is 19.6 Å². The lowest BCUT2D eigenvalue weighted by atomic mass is 10.1. The number of carbonyl (C=O) groups excluding carboxylic acids is 1. The summed E-state index contributed by atoms with van der Waals surface area (Å²) in [5.41, 5.74) is 7.96. The number of nitrogens with two attached hydrogens (primary N) is 1. The van der Waals surface area contributed by atoms with Crippen molar-refractivity contribution in [1.29, 1.82) is 0 Å². The molecule has 0 heterocycles. The van der Waals surface area contributed by atoms with Gasteiger partial charge in [-0.15, -0.1) is 0 Å². The van der Waals surface area contributed by atoms with Gasteiger partial charge in [0.25, 0.3) is 0 Å². The van der Waals surface area contributed by atoms with Crippen molar-refractivity contribution in [3.63, 3.8) is 0 Å². The van der Waals surface area contributed by atoms with E-state index in [1.165, 1.54) is 11.1 Å². The summed E-state index contributed by atoms with van der Waals surface area (Å²) in [6.07, 6.45) is 2.28. The summed E-state index contributed by atoms with van der Waals surface area (Å²) < 4.78 is 0. The molecule has 0 aliphatic carbocycles. The maximum atomic E-state index is 12.0. The van der Waals surface area contributed by atoms with E-state index in [9.17, 15) is 4.79 Å². The highest BCUT2D eigenvalue weighted by Gasteiger charge is 2.10. The zero-order valence-corrected chi connectivity index (χ0v) is 11.5. The molecule has 2 N–H and O–H groups in total. The Balaban J connectivity index is 2.44. The summed E-state index contributed by atoms with van der Waals surface area (Å²) >= 11 is 0. The van der Waals surface area contributed by atoms with E-state index in [1.54, 1.807) is 0 Å². The van der Waals surface area contributed by atoms with Gasteiger partial charge >= 0.3 is 0 Å². The van der Waals surface area contributed by atoms with Crippen LogP contribution in [0.3, 0.4) is 0 Å². The minimum absolute atomic E-state index is 0.229. The van der Waals surface area contributed by atoms with Crippen molar-refractivity contribution in [1.82, 2.24) is 4.90 Å². The van der Waals surface area contributed by atoms with Crippen LogP contribution in [0.15, 0.2) is 24.3 Å². The number of hydrogen-bond acceptors (Lipinski definition) is 2. The Bertz CT molecular complexity index is 377. The molecule has 0 saturated carbocycles. The molecule has 0 atom stereocenters. The standard InChI is InChI=1S/C15H24N2O/c1-3-17(11-5-10-16)15(18)9-8-14-7-4-6-13(2)12-14/h4,6-7,12H,3,5,8-11,16H2,1-2H3. The molecule has 3 nitrogen and oxygen atoms in total. The van der Waals surface area contributed by atoms with Gasteiger partial charge in [0, 0.05) is 19.5 Å². The van der Waals surface area contributed by atoms with Crippen LogP contribution in [0.2, 0.25) is 0 Å². The summed E-state index contributed by atoms with van der Waals surface area (Å²) in [5.74, 6) is 0.229. The van der Waals surface area contributed by atoms with Crippen molar-refractivity contribution in [3.05, 3.63) is 35.4 Å². The Morgan fingerprint density at radius 1 is 1.39 bits per heavy atom. The van der Waals surface area contributed by atoms with Gasteiger partial charge in [-0.1, -0.05) is 29.8 Å². The lowest BCUT2D eigenvalue weighted by Crippen LogP contribution is -2.32. The smallest absolute Gasteiger partial charge is 0.222 e. The Labute approximate surface area is 110 Å². The summed E-state index contributed by atoms with van der Waals surface area (Å²) in [5, 5.41) is 0. The molecule has 0 radical (unpaired) electrons. The van der Waals surface area contributed by atoms with Gasteiger partial charge in [0.05, 0.1) is 0 Å². The Kier molecular flexibility index (Phi) is 6.44. The van der Waals surface area contributed by atoms with Gasteiger partial charge < -0.3 is 10.6 Å². The maximum Gasteiger partial charge on any atom is 0.222 e. The molecule has 0 fully saturated rings. The molecular weight excluding hydrogens is 224 g/mol. The van der Waals surface area contributed by atoms with Crippen LogP contribution in [0, 0.1) is 6.92 Å². The fourth-order valence-corrected chi connectivity index (χ4v) is 2.02. The summed E-state index contributed by atoms with van der Waals surface area (Å²) in [6.45, 7) is 6.28. The van der Waals surface area contributed by atoms with E-state index in [0.717, 1.165) is 25.9 Å². The molecule has 100 valence electrons. The quantitative estimate of drug-likeness (QED) is 0.803. The molecule has 1 aromatic rings. The van der Waals surface area contributed by atoms with E-state index >= 15 is 0 Å². The van der Waals surface area contributed by atoms with E-state index in [1.807, 2.05) is 17.9 Å². The number of benzene rings is 1. The third-order valence-corrected chi connectivity index (χ3v) is 3.08. The van der Waals surface area contributed by atoms with Crippen LogP contribution in [-0.4, -0.2) is 30.4 Å². The average molecular weight is 248 g/mol. The Hall–Kier alpha value is -1.35. The predicted molar refractivity (Wildman–Crippen MR) is 75.4 cm³/mol. The SMILES string of the molecule is CCN(CCCN)C(=O)CCc1cccc(C)c1. The minimum Gasteiger partial charge on any atom is -0.343 e. The first-order valence-electron chi connectivity index (χ1n) is 6.70. The first-order valence-corrected chi connectivity index (χ1v) is 6.70. The molecule has 18 heavy (non-hydrogen) atoms. The molecule has 0 spiro atoms. The average Bonchev–Trinajstić information content (AvgIpc) is 2.37. The van der Waals surface area contributed by atoms with E-state index in [2.05, 4.69) is 25.1 Å². The first-order chi connectivity index (χ1) is 8.67. The Morgan fingerprint density at radius 3 is 2.78 bits per heavy atom. The topological polar surface area (TPSA) is 46.3 Å². The second-order valence-corrected chi connectivity index (χ2v) is 4.60. The highest BCUT2D eigenvalue weighted by atomic mass is 16.2. The van der Waals surface area contributed by atoms with E-state index in [4.69, 9.17) is 5.73 Å². The predicted octanol–water partition coefficient (Wildman–Crippen LogP) is 2.12. The number of carbonyl (C=O) groups is 1. The van der Waals surface area contributed by atoms with Crippen molar-refractivity contribution in [2.45, 2.75) is 33.1 Å². The van der Waals surface area contributed by atoms with Crippen LogP contribution < -0.4 is 5.73 Å². The molecule has 0 aliphatic heterocycles. The lowest BCUT2D eigenvalue weighted by molar-refractivity contribution is -0.131. The fourth-order valence-electron chi connectivity index (χ4n) is 2.02. The van der Waals surface area contributed by atoms with Crippen LogP contribution in [-0.2, 0) is 11.2 Å². The van der Waals surface area contributed by atoms with E-state index in [-0.39, 0.29) is 5.91 Å². The van der Waals surface area contributed by atoms with Gasteiger partial charge in [0.15, 0.2) is 0 Å². The van der Waals surface area contributed by atoms with Gasteiger partial charge in [0.1, 0.15) is 0 Å². The zero-order chi connectivity index (χ0) is 13.4. The zero-order valence-electron chi connectivity index (χ0n) is 11.5. The molecule has 0 bridgehead atoms. The Morgan fingerprint density at radius 2 is 2.17 bits per heavy atom. The molecule has 0 saturated heterocycles. The fraction of sp³-hybridized carbons (Fsp3) is 0.533. The van der Waals surface area contributed by atoms with Crippen LogP contribution in [0.4, 0.5) is 0 Å². The van der Waals surface area contributed by atoms with E-state index < -0.39 is 0 Å². The summed E-state index contributed by atoms with van der Waals surface area (Å²) in [4.78, 5) is 13.9. The molecular formula is C15H24N2O. The molecule has 0 unspecified atom stereocenters. The van der Waals surface area contributed by atoms with Gasteiger partial charge in [-0.05, 0) is 38.8 Å². The van der Waals surface area contributed by atoms with Crippen molar-refractivity contribution in [3.8, 4) is 0 Å². The second-order valence-electron chi connectivity index (χ2n) is 4.60. The van der Waals surface area contributed by atoms with Crippen LogP contribution >= 0.6 is 0 Å². The second kappa shape index (κ2) is 7.88. The number of nitrogens with zero attached hydrogens (tertiary/aromatic N) is 1. The highest BCUT2D eigenvalue weighted by Crippen LogP contribution is 2.08. The number of hydrogen-bond donors (Lipinski definition) is 1. The number of amides is 1. The minimum atomic E-state index is 0.229. The van der Waals surface area contributed by atoms with Crippen molar-refractivity contribution < 1.29 is 4.79 Å². The summed E-state index contributed by atoms with van der Waals surface area (Å²) in [6, 6.07) is 8.34. The molecule has 3 heteroatoms. The highest BCUT2D eigenvalue weighted by molar-refractivity contribution is 5.76. The molecule has 0 aromatic heterocycles. The number of rotatable bonds is 7. The third-order valence-electron chi connectivity index (χ3n) is 3.08.